The van der Waals surface area contributed by atoms with Crippen LogP contribution >= 0.6 is 0 Å². The fourth-order valence-corrected chi connectivity index (χ4v) is 3.98. The molecule has 1 aromatic carbocycles. The molecule has 1 unspecified atom stereocenters. The first kappa shape index (κ1) is 12.9. The highest BCUT2D eigenvalue weighted by molar-refractivity contribution is 7.91. The minimum atomic E-state index is -3.23. The van der Waals surface area contributed by atoms with Crippen molar-refractivity contribution in [3.8, 4) is 6.07 Å². The summed E-state index contributed by atoms with van der Waals surface area (Å²) in [5, 5.41) is 11.9. The maximum absolute atomic E-state index is 12.2. The standard InChI is InChI=1S/C13H16N2O2S/c1-9-5-6-12-13(10(9)2)15-11(4-3-7-14)8-18(12,16)17/h5-6,11,15H,3-4,8H2,1-2H3. The van der Waals surface area contributed by atoms with Gasteiger partial charge in [0.1, 0.15) is 0 Å². The molecule has 4 nitrogen and oxygen atoms in total. The number of sulfone groups is 1. The normalized spacial score (nSPS) is 20.6. The van der Waals surface area contributed by atoms with Gasteiger partial charge in [0.05, 0.1) is 22.4 Å². The van der Waals surface area contributed by atoms with E-state index in [1.807, 2.05) is 19.9 Å². The van der Waals surface area contributed by atoms with E-state index in [1.54, 1.807) is 6.07 Å². The van der Waals surface area contributed by atoms with Gasteiger partial charge in [0, 0.05) is 12.5 Å². The van der Waals surface area contributed by atoms with E-state index in [4.69, 9.17) is 5.26 Å². The van der Waals surface area contributed by atoms with E-state index in [9.17, 15) is 8.42 Å². The number of hydrogen-bond acceptors (Lipinski definition) is 4. The molecule has 0 radical (unpaired) electrons. The Hall–Kier alpha value is -1.54. The molecule has 0 aliphatic carbocycles. The summed E-state index contributed by atoms with van der Waals surface area (Å²) in [6.07, 6.45) is 0.927. The van der Waals surface area contributed by atoms with Crippen LogP contribution in [0.5, 0.6) is 0 Å². The number of rotatable bonds is 2. The lowest BCUT2D eigenvalue weighted by Gasteiger charge is -2.28. The largest absolute Gasteiger partial charge is 0.380 e. The smallest absolute Gasteiger partial charge is 0.182 e. The molecule has 1 aliphatic rings. The molecule has 5 heteroatoms. The van der Waals surface area contributed by atoms with Crippen LogP contribution in [0.15, 0.2) is 17.0 Å². The summed E-state index contributed by atoms with van der Waals surface area (Å²) in [4.78, 5) is 0.388. The van der Waals surface area contributed by atoms with Crippen LogP contribution in [0, 0.1) is 25.2 Å². The number of nitriles is 1. The molecular formula is C13H16N2O2S. The molecule has 2 rings (SSSR count). The molecule has 1 aliphatic heterocycles. The van der Waals surface area contributed by atoms with Gasteiger partial charge in [0.25, 0.3) is 0 Å². The van der Waals surface area contributed by atoms with E-state index in [1.165, 1.54) is 0 Å². The van der Waals surface area contributed by atoms with Crippen LogP contribution in [0.3, 0.4) is 0 Å². The number of anilines is 1. The average molecular weight is 264 g/mol. The third-order valence-corrected chi connectivity index (χ3v) is 5.26. The first-order chi connectivity index (χ1) is 8.45. The lowest BCUT2D eigenvalue weighted by molar-refractivity contribution is 0.580. The molecule has 0 saturated carbocycles. The van der Waals surface area contributed by atoms with Crippen LogP contribution in [0.25, 0.3) is 0 Å². The summed E-state index contributed by atoms with van der Waals surface area (Å²) in [6, 6.07) is 5.40. The molecule has 1 atom stereocenters. The van der Waals surface area contributed by atoms with Gasteiger partial charge in [-0.1, -0.05) is 6.07 Å². The number of benzene rings is 1. The second-order valence-corrected chi connectivity index (χ2v) is 6.70. The first-order valence-electron chi connectivity index (χ1n) is 5.92. The van der Waals surface area contributed by atoms with Crippen LogP contribution in [0.1, 0.15) is 24.0 Å². The maximum atomic E-state index is 12.2. The Morgan fingerprint density at radius 1 is 1.44 bits per heavy atom. The van der Waals surface area contributed by atoms with Crippen molar-refractivity contribution in [2.24, 2.45) is 0 Å². The highest BCUT2D eigenvalue weighted by atomic mass is 32.2. The molecule has 1 N–H and O–H groups in total. The number of aryl methyl sites for hydroxylation is 1. The summed E-state index contributed by atoms with van der Waals surface area (Å²) in [5.74, 6) is 0.0736. The summed E-state index contributed by atoms with van der Waals surface area (Å²) < 4.78 is 24.4. The second-order valence-electron chi connectivity index (χ2n) is 4.70. The maximum Gasteiger partial charge on any atom is 0.182 e. The quantitative estimate of drug-likeness (QED) is 0.888. The van der Waals surface area contributed by atoms with Crippen LogP contribution < -0.4 is 5.32 Å². The lowest BCUT2D eigenvalue weighted by Crippen LogP contribution is -2.34. The van der Waals surface area contributed by atoms with Gasteiger partial charge < -0.3 is 5.32 Å². The van der Waals surface area contributed by atoms with E-state index >= 15 is 0 Å². The number of nitrogens with zero attached hydrogens (tertiary/aromatic N) is 1. The molecule has 18 heavy (non-hydrogen) atoms. The van der Waals surface area contributed by atoms with Crippen molar-refractivity contribution in [2.75, 3.05) is 11.1 Å². The molecule has 1 aromatic rings. The van der Waals surface area contributed by atoms with Crippen LogP contribution in [-0.4, -0.2) is 20.2 Å². The van der Waals surface area contributed by atoms with Gasteiger partial charge in [-0.25, -0.2) is 8.42 Å². The zero-order valence-corrected chi connectivity index (χ0v) is 11.3. The van der Waals surface area contributed by atoms with Gasteiger partial charge in [-0.15, -0.1) is 0 Å². The van der Waals surface area contributed by atoms with Gasteiger partial charge in [0.15, 0.2) is 9.84 Å². The molecule has 1 heterocycles. The minimum Gasteiger partial charge on any atom is -0.380 e. The van der Waals surface area contributed by atoms with E-state index in [-0.39, 0.29) is 11.8 Å². The van der Waals surface area contributed by atoms with Crippen molar-refractivity contribution in [2.45, 2.75) is 37.6 Å². The number of hydrogen-bond donors (Lipinski definition) is 1. The Kier molecular flexibility index (Phi) is 3.31. The van der Waals surface area contributed by atoms with Gasteiger partial charge in [-0.2, -0.15) is 5.26 Å². The summed E-state index contributed by atoms with van der Waals surface area (Å²) in [6.45, 7) is 3.88. The van der Waals surface area contributed by atoms with Crippen molar-refractivity contribution in [1.82, 2.24) is 0 Å². The van der Waals surface area contributed by atoms with Crippen LogP contribution in [0.2, 0.25) is 0 Å². The molecule has 0 spiro atoms. The molecule has 0 bridgehead atoms. The third-order valence-electron chi connectivity index (χ3n) is 3.41. The highest BCUT2D eigenvalue weighted by Crippen LogP contribution is 2.33. The fourth-order valence-electron chi connectivity index (χ4n) is 2.22. The summed E-state index contributed by atoms with van der Waals surface area (Å²) in [7, 11) is -3.23. The van der Waals surface area contributed by atoms with Crippen molar-refractivity contribution in [1.29, 1.82) is 5.26 Å². The van der Waals surface area contributed by atoms with Crippen LogP contribution in [-0.2, 0) is 9.84 Å². The Bertz CT molecular complexity index is 615. The minimum absolute atomic E-state index is 0.0736. The van der Waals surface area contributed by atoms with Gasteiger partial charge >= 0.3 is 0 Å². The molecule has 0 aromatic heterocycles. The van der Waals surface area contributed by atoms with Crippen molar-refractivity contribution in [3.05, 3.63) is 23.3 Å². The topological polar surface area (TPSA) is 70.0 Å². The summed E-state index contributed by atoms with van der Waals surface area (Å²) >= 11 is 0. The Morgan fingerprint density at radius 2 is 2.17 bits per heavy atom. The summed E-state index contributed by atoms with van der Waals surface area (Å²) in [5.41, 5.74) is 2.75. The van der Waals surface area contributed by atoms with Gasteiger partial charge in [-0.05, 0) is 37.5 Å². The average Bonchev–Trinajstić information content (AvgIpc) is 2.31. The number of fused-ring (bicyclic) bond motifs is 1. The monoisotopic (exact) mass is 264 g/mol. The van der Waals surface area contributed by atoms with Crippen molar-refractivity contribution >= 4 is 15.5 Å². The first-order valence-corrected chi connectivity index (χ1v) is 7.57. The van der Waals surface area contributed by atoms with Gasteiger partial charge in [-0.3, -0.25) is 0 Å². The predicted octanol–water partition coefficient (Wildman–Crippen LogP) is 2.18. The SMILES string of the molecule is Cc1ccc2c(c1C)NC(CCC#N)CS2(=O)=O. The van der Waals surface area contributed by atoms with Gasteiger partial charge in [0.2, 0.25) is 0 Å². The zero-order valence-electron chi connectivity index (χ0n) is 10.5. The highest BCUT2D eigenvalue weighted by Gasteiger charge is 2.30. The predicted molar refractivity (Wildman–Crippen MR) is 70.2 cm³/mol. The Labute approximate surface area is 108 Å². The third kappa shape index (κ3) is 2.21. The molecule has 0 saturated heterocycles. The molecule has 0 fully saturated rings. The molecule has 0 amide bonds. The van der Waals surface area contributed by atoms with Crippen LogP contribution in [0.4, 0.5) is 5.69 Å². The van der Waals surface area contributed by atoms with E-state index in [2.05, 4.69) is 11.4 Å². The number of nitrogens with one attached hydrogen (secondary N) is 1. The fraction of sp³-hybridized carbons (Fsp3) is 0.462. The zero-order chi connectivity index (χ0) is 13.3. The Morgan fingerprint density at radius 3 is 2.83 bits per heavy atom. The van der Waals surface area contributed by atoms with Crippen molar-refractivity contribution < 1.29 is 8.42 Å². The molecule has 96 valence electrons. The van der Waals surface area contributed by atoms with E-state index in [0.29, 0.717) is 23.4 Å². The van der Waals surface area contributed by atoms with E-state index < -0.39 is 9.84 Å². The molecular weight excluding hydrogens is 248 g/mol. The van der Waals surface area contributed by atoms with Crippen molar-refractivity contribution in [3.63, 3.8) is 0 Å². The Balaban J connectivity index is 2.45. The van der Waals surface area contributed by atoms with E-state index in [0.717, 1.165) is 11.1 Å². The lowest BCUT2D eigenvalue weighted by atomic mass is 10.1. The second kappa shape index (κ2) is 4.62.